The molecule has 0 aromatic carbocycles. The van der Waals surface area contributed by atoms with Gasteiger partial charge in [-0.1, -0.05) is 6.42 Å². The summed E-state index contributed by atoms with van der Waals surface area (Å²) in [6, 6.07) is 1.22. The van der Waals surface area contributed by atoms with Gasteiger partial charge in [0.05, 0.1) is 13.2 Å². The molecule has 2 heterocycles. The lowest BCUT2D eigenvalue weighted by molar-refractivity contribution is 0.0507. The normalized spacial score (nSPS) is 35.0. The van der Waals surface area contributed by atoms with Crippen molar-refractivity contribution in [3.05, 3.63) is 0 Å². The SMILES string of the molecule is CSC1(CNC2CCCC2C2COCCN2)CCOCC1.Cl. The van der Waals surface area contributed by atoms with Crippen molar-refractivity contribution in [2.75, 3.05) is 45.8 Å². The number of halogens is 1. The molecule has 3 rings (SSSR count). The maximum atomic E-state index is 5.67. The molecule has 0 radical (unpaired) electrons. The van der Waals surface area contributed by atoms with Gasteiger partial charge in [0.15, 0.2) is 0 Å². The Morgan fingerprint density at radius 2 is 2.00 bits per heavy atom. The third-order valence-electron chi connectivity index (χ3n) is 5.56. The van der Waals surface area contributed by atoms with Gasteiger partial charge < -0.3 is 20.1 Å². The van der Waals surface area contributed by atoms with Gasteiger partial charge in [0.1, 0.15) is 0 Å². The highest BCUT2D eigenvalue weighted by Gasteiger charge is 2.37. The van der Waals surface area contributed by atoms with Crippen LogP contribution in [0.4, 0.5) is 0 Å². The van der Waals surface area contributed by atoms with Crippen LogP contribution in [0.1, 0.15) is 32.1 Å². The quantitative estimate of drug-likeness (QED) is 0.794. The van der Waals surface area contributed by atoms with Gasteiger partial charge in [-0.15, -0.1) is 12.4 Å². The van der Waals surface area contributed by atoms with E-state index in [1.54, 1.807) is 0 Å². The van der Waals surface area contributed by atoms with E-state index in [0.717, 1.165) is 45.4 Å². The molecular weight excluding hydrogens is 320 g/mol. The zero-order chi connectivity index (χ0) is 14.5. The predicted octanol–water partition coefficient (Wildman–Crippen LogP) is 2.07. The summed E-state index contributed by atoms with van der Waals surface area (Å²) in [5.74, 6) is 0.740. The number of rotatable bonds is 5. The lowest BCUT2D eigenvalue weighted by atomic mass is 9.92. The summed E-state index contributed by atoms with van der Waals surface area (Å²) in [6.45, 7) is 5.76. The fourth-order valence-corrected chi connectivity index (χ4v) is 4.90. The van der Waals surface area contributed by atoms with Gasteiger partial charge in [0.25, 0.3) is 0 Å². The van der Waals surface area contributed by atoms with Gasteiger partial charge in [-0.25, -0.2) is 0 Å². The Morgan fingerprint density at radius 1 is 1.18 bits per heavy atom. The lowest BCUT2D eigenvalue weighted by Crippen LogP contribution is -2.53. The van der Waals surface area contributed by atoms with Crippen LogP contribution in [0.2, 0.25) is 0 Å². The van der Waals surface area contributed by atoms with E-state index in [-0.39, 0.29) is 12.4 Å². The molecule has 130 valence electrons. The Morgan fingerprint density at radius 3 is 2.68 bits per heavy atom. The minimum Gasteiger partial charge on any atom is -0.381 e. The highest BCUT2D eigenvalue weighted by Crippen LogP contribution is 2.35. The second-order valence-corrected chi connectivity index (χ2v) is 7.99. The average molecular weight is 351 g/mol. The second kappa shape index (κ2) is 9.09. The Hall–Kier alpha value is 0.480. The maximum absolute atomic E-state index is 5.67. The van der Waals surface area contributed by atoms with Crippen molar-refractivity contribution in [2.45, 2.75) is 48.9 Å². The zero-order valence-corrected chi connectivity index (χ0v) is 15.3. The summed E-state index contributed by atoms with van der Waals surface area (Å²) in [6.07, 6.45) is 8.65. The number of ether oxygens (including phenoxy) is 2. The predicted molar refractivity (Wildman–Crippen MR) is 95.3 cm³/mol. The molecule has 1 saturated carbocycles. The van der Waals surface area contributed by atoms with Crippen molar-refractivity contribution in [3.63, 3.8) is 0 Å². The van der Waals surface area contributed by atoms with Crippen LogP contribution in [-0.2, 0) is 9.47 Å². The standard InChI is InChI=1S/C16H30N2O2S.ClH/c1-21-16(5-8-19-9-6-16)12-18-14-4-2-3-13(14)15-11-20-10-7-17-15;/h13-15,17-18H,2-12H2,1H3;1H. The molecule has 3 aliphatic rings. The molecule has 3 atom stereocenters. The summed E-state index contributed by atoms with van der Waals surface area (Å²) in [5, 5.41) is 7.58. The number of hydrogen-bond donors (Lipinski definition) is 2. The minimum atomic E-state index is 0. The van der Waals surface area contributed by atoms with E-state index in [0.29, 0.717) is 16.8 Å². The molecule has 0 amide bonds. The summed E-state index contributed by atoms with van der Waals surface area (Å²) >= 11 is 2.03. The molecule has 1 aliphatic carbocycles. The van der Waals surface area contributed by atoms with Gasteiger partial charge in [0.2, 0.25) is 0 Å². The van der Waals surface area contributed by atoms with Crippen LogP contribution >= 0.6 is 24.2 Å². The smallest absolute Gasteiger partial charge is 0.0623 e. The molecule has 2 N–H and O–H groups in total. The largest absolute Gasteiger partial charge is 0.381 e. The zero-order valence-electron chi connectivity index (χ0n) is 13.6. The first-order chi connectivity index (χ1) is 10.3. The molecule has 6 heteroatoms. The van der Waals surface area contributed by atoms with Crippen LogP contribution < -0.4 is 10.6 Å². The van der Waals surface area contributed by atoms with Gasteiger partial charge >= 0.3 is 0 Å². The van der Waals surface area contributed by atoms with Crippen molar-refractivity contribution in [1.29, 1.82) is 0 Å². The monoisotopic (exact) mass is 350 g/mol. The van der Waals surface area contributed by atoms with Gasteiger partial charge in [0, 0.05) is 43.1 Å². The van der Waals surface area contributed by atoms with Crippen molar-refractivity contribution in [1.82, 2.24) is 10.6 Å². The third kappa shape index (κ3) is 4.52. The van der Waals surface area contributed by atoms with Gasteiger partial charge in [-0.2, -0.15) is 11.8 Å². The maximum Gasteiger partial charge on any atom is 0.0623 e. The number of nitrogens with one attached hydrogen (secondary N) is 2. The van der Waals surface area contributed by atoms with E-state index in [1.165, 1.54) is 32.1 Å². The highest BCUT2D eigenvalue weighted by molar-refractivity contribution is 8.00. The number of thioether (sulfide) groups is 1. The summed E-state index contributed by atoms with van der Waals surface area (Å²) in [7, 11) is 0. The average Bonchev–Trinajstić information content (AvgIpc) is 3.03. The lowest BCUT2D eigenvalue weighted by Gasteiger charge is -2.39. The minimum absolute atomic E-state index is 0. The molecule has 22 heavy (non-hydrogen) atoms. The Labute approximate surface area is 145 Å². The van der Waals surface area contributed by atoms with Crippen LogP contribution in [0.3, 0.4) is 0 Å². The van der Waals surface area contributed by atoms with Crippen LogP contribution in [0.5, 0.6) is 0 Å². The molecule has 3 unspecified atom stereocenters. The molecule has 2 saturated heterocycles. The third-order valence-corrected chi connectivity index (χ3v) is 6.98. The van der Waals surface area contributed by atoms with Gasteiger partial charge in [-0.3, -0.25) is 0 Å². The Bertz CT molecular complexity index is 323. The summed E-state index contributed by atoms with van der Waals surface area (Å²) in [4.78, 5) is 0. The van der Waals surface area contributed by atoms with E-state index < -0.39 is 0 Å². The van der Waals surface area contributed by atoms with Crippen molar-refractivity contribution in [2.24, 2.45) is 5.92 Å². The summed E-state index contributed by atoms with van der Waals surface area (Å²) < 4.78 is 11.6. The van der Waals surface area contributed by atoms with Crippen molar-refractivity contribution >= 4 is 24.2 Å². The molecule has 2 aliphatic heterocycles. The molecule has 0 aromatic heterocycles. The fraction of sp³-hybridized carbons (Fsp3) is 1.00. The Balaban J connectivity index is 0.00000176. The van der Waals surface area contributed by atoms with E-state index in [1.807, 2.05) is 11.8 Å². The fourth-order valence-electron chi connectivity index (χ4n) is 4.10. The molecule has 0 aromatic rings. The molecular formula is C16H31ClN2O2S. The van der Waals surface area contributed by atoms with Crippen molar-refractivity contribution < 1.29 is 9.47 Å². The van der Waals surface area contributed by atoms with E-state index in [4.69, 9.17) is 9.47 Å². The van der Waals surface area contributed by atoms with Crippen LogP contribution in [0, 0.1) is 5.92 Å². The Kier molecular flexibility index (Phi) is 7.77. The van der Waals surface area contributed by atoms with Crippen molar-refractivity contribution in [3.8, 4) is 0 Å². The molecule has 0 spiro atoms. The van der Waals surface area contributed by atoms with Crippen LogP contribution in [0.25, 0.3) is 0 Å². The van der Waals surface area contributed by atoms with E-state index in [2.05, 4.69) is 16.9 Å². The second-order valence-electron chi connectivity index (χ2n) is 6.72. The van der Waals surface area contributed by atoms with Crippen LogP contribution in [0.15, 0.2) is 0 Å². The number of morpholine rings is 1. The van der Waals surface area contributed by atoms with E-state index >= 15 is 0 Å². The first-order valence-electron chi connectivity index (χ1n) is 8.50. The number of hydrogen-bond acceptors (Lipinski definition) is 5. The first-order valence-corrected chi connectivity index (χ1v) is 9.73. The van der Waals surface area contributed by atoms with Crippen LogP contribution in [-0.4, -0.2) is 62.6 Å². The highest BCUT2D eigenvalue weighted by atomic mass is 35.5. The molecule has 3 fully saturated rings. The topological polar surface area (TPSA) is 42.5 Å². The first kappa shape index (κ1) is 18.8. The molecule has 0 bridgehead atoms. The molecule has 4 nitrogen and oxygen atoms in total. The van der Waals surface area contributed by atoms with Gasteiger partial charge in [-0.05, 0) is 37.9 Å². The van der Waals surface area contributed by atoms with E-state index in [9.17, 15) is 0 Å². The summed E-state index contributed by atoms with van der Waals surface area (Å²) in [5.41, 5.74) is 0.